The molecule has 3 heteroatoms. The molecule has 3 N–H and O–H groups in total. The Morgan fingerprint density at radius 1 is 1.25 bits per heavy atom. The lowest BCUT2D eigenvalue weighted by molar-refractivity contribution is 0.0394. The molecule has 0 aliphatic rings. The monoisotopic (exact) mass is 223 g/mol. The van der Waals surface area contributed by atoms with Crippen LogP contribution in [0.15, 0.2) is 24.3 Å². The Hall–Kier alpha value is -1.06. The fourth-order valence-electron chi connectivity index (χ4n) is 1.65. The van der Waals surface area contributed by atoms with Gasteiger partial charge in [-0.05, 0) is 11.5 Å². The molecule has 16 heavy (non-hydrogen) atoms. The predicted octanol–water partition coefficient (Wildman–Crippen LogP) is 2.10. The minimum atomic E-state index is -0.608. The minimum absolute atomic E-state index is 0.250. The number of rotatable bonds is 3. The van der Waals surface area contributed by atoms with Gasteiger partial charge in [0.05, 0.1) is 19.3 Å². The van der Waals surface area contributed by atoms with Crippen molar-refractivity contribution in [3.05, 3.63) is 29.8 Å². The zero-order chi connectivity index (χ0) is 12.3. The fourth-order valence-corrected chi connectivity index (χ4v) is 1.65. The van der Waals surface area contributed by atoms with Gasteiger partial charge in [-0.3, -0.25) is 0 Å². The first-order valence-corrected chi connectivity index (χ1v) is 5.44. The molecule has 2 atom stereocenters. The van der Waals surface area contributed by atoms with Gasteiger partial charge in [0.15, 0.2) is 0 Å². The molecule has 3 nitrogen and oxygen atoms in total. The lowest BCUT2D eigenvalue weighted by atomic mass is 9.82. The Bertz CT molecular complexity index is 344. The van der Waals surface area contributed by atoms with Crippen LogP contribution in [0.25, 0.3) is 0 Å². The number of hydrogen-bond donors (Lipinski definition) is 2. The molecule has 0 aromatic heterocycles. The summed E-state index contributed by atoms with van der Waals surface area (Å²) in [7, 11) is 1.61. The Kier molecular flexibility index (Phi) is 3.94. The Morgan fingerprint density at radius 3 is 2.31 bits per heavy atom. The average Bonchev–Trinajstić information content (AvgIpc) is 2.25. The van der Waals surface area contributed by atoms with E-state index in [-0.39, 0.29) is 5.41 Å². The van der Waals surface area contributed by atoms with Gasteiger partial charge in [-0.1, -0.05) is 39.0 Å². The van der Waals surface area contributed by atoms with Gasteiger partial charge < -0.3 is 15.6 Å². The number of nitrogens with two attached hydrogens (primary N) is 1. The number of hydrogen-bond acceptors (Lipinski definition) is 3. The molecule has 0 saturated carbocycles. The van der Waals surface area contributed by atoms with Crippen molar-refractivity contribution >= 4 is 0 Å². The summed E-state index contributed by atoms with van der Waals surface area (Å²) in [5, 5.41) is 10.1. The van der Waals surface area contributed by atoms with Crippen LogP contribution in [-0.4, -0.2) is 18.3 Å². The zero-order valence-corrected chi connectivity index (χ0v) is 10.4. The lowest BCUT2D eigenvalue weighted by Gasteiger charge is -2.31. The number of methoxy groups -OCH3 is 1. The van der Waals surface area contributed by atoms with E-state index in [9.17, 15) is 5.11 Å². The zero-order valence-electron chi connectivity index (χ0n) is 10.4. The number of ether oxygens (including phenoxy) is 1. The number of para-hydroxylation sites is 1. The second-order valence-electron chi connectivity index (χ2n) is 5.08. The van der Waals surface area contributed by atoms with E-state index in [2.05, 4.69) is 0 Å². The highest BCUT2D eigenvalue weighted by Gasteiger charge is 2.30. The summed E-state index contributed by atoms with van der Waals surface area (Å²) in [6, 6.07) is 7.09. The van der Waals surface area contributed by atoms with Crippen LogP contribution in [0.1, 0.15) is 32.4 Å². The van der Waals surface area contributed by atoms with Gasteiger partial charge in [-0.2, -0.15) is 0 Å². The molecule has 0 heterocycles. The maximum Gasteiger partial charge on any atom is 0.123 e. The smallest absolute Gasteiger partial charge is 0.123 e. The Morgan fingerprint density at radius 2 is 1.81 bits per heavy atom. The van der Waals surface area contributed by atoms with Crippen LogP contribution in [-0.2, 0) is 0 Å². The minimum Gasteiger partial charge on any atom is -0.496 e. The highest BCUT2D eigenvalue weighted by Crippen LogP contribution is 2.32. The first-order valence-electron chi connectivity index (χ1n) is 5.44. The van der Waals surface area contributed by atoms with Crippen molar-refractivity contribution < 1.29 is 9.84 Å². The Balaban J connectivity index is 3.00. The first kappa shape index (κ1) is 13.0. The third-order valence-electron chi connectivity index (χ3n) is 2.73. The van der Waals surface area contributed by atoms with E-state index in [1.165, 1.54) is 0 Å². The van der Waals surface area contributed by atoms with E-state index in [4.69, 9.17) is 10.5 Å². The van der Waals surface area contributed by atoms with Gasteiger partial charge >= 0.3 is 0 Å². The van der Waals surface area contributed by atoms with Crippen LogP contribution in [0.4, 0.5) is 0 Å². The molecule has 0 fully saturated rings. The van der Waals surface area contributed by atoms with Gasteiger partial charge in [-0.25, -0.2) is 0 Å². The summed E-state index contributed by atoms with van der Waals surface area (Å²) < 4.78 is 5.24. The molecule has 0 aliphatic heterocycles. The number of benzene rings is 1. The summed E-state index contributed by atoms with van der Waals surface area (Å²) in [6.07, 6.45) is -0.608. The van der Waals surface area contributed by atoms with E-state index in [1.807, 2.05) is 45.0 Å². The summed E-state index contributed by atoms with van der Waals surface area (Å²) in [5.74, 6) is 0.721. The van der Waals surface area contributed by atoms with Crippen molar-refractivity contribution in [1.82, 2.24) is 0 Å². The van der Waals surface area contributed by atoms with Crippen LogP contribution < -0.4 is 10.5 Å². The van der Waals surface area contributed by atoms with E-state index in [1.54, 1.807) is 7.11 Å². The average molecular weight is 223 g/mol. The van der Waals surface area contributed by atoms with Crippen LogP contribution in [0.2, 0.25) is 0 Å². The normalized spacial score (nSPS) is 15.6. The third-order valence-corrected chi connectivity index (χ3v) is 2.73. The second kappa shape index (κ2) is 4.85. The van der Waals surface area contributed by atoms with Crippen LogP contribution in [0.5, 0.6) is 5.75 Å². The van der Waals surface area contributed by atoms with E-state index < -0.39 is 12.1 Å². The van der Waals surface area contributed by atoms with Crippen molar-refractivity contribution in [2.75, 3.05) is 7.11 Å². The molecular formula is C13H21NO2. The van der Waals surface area contributed by atoms with Gasteiger partial charge in [-0.15, -0.1) is 0 Å². The maximum absolute atomic E-state index is 10.1. The number of aliphatic hydroxyl groups excluding tert-OH is 1. The molecule has 0 saturated heterocycles. The van der Waals surface area contributed by atoms with Crippen molar-refractivity contribution in [2.24, 2.45) is 11.1 Å². The Labute approximate surface area is 97.2 Å². The molecule has 0 radical (unpaired) electrons. The van der Waals surface area contributed by atoms with Gasteiger partial charge in [0.1, 0.15) is 5.75 Å². The standard InChI is InChI=1S/C13H21NO2/c1-13(2,3)12(15)11(14)9-7-5-6-8-10(9)16-4/h5-8,11-12,15H,14H2,1-4H3/t11-,12-/m0/s1. The summed E-state index contributed by atoms with van der Waals surface area (Å²) >= 11 is 0. The van der Waals surface area contributed by atoms with Crippen molar-refractivity contribution in [2.45, 2.75) is 32.9 Å². The van der Waals surface area contributed by atoms with E-state index >= 15 is 0 Å². The topological polar surface area (TPSA) is 55.5 Å². The first-order chi connectivity index (χ1) is 7.38. The van der Waals surface area contributed by atoms with Gasteiger partial charge in [0, 0.05) is 5.56 Å². The molecule has 0 aliphatic carbocycles. The molecule has 0 amide bonds. The molecule has 1 rings (SSSR count). The largest absolute Gasteiger partial charge is 0.496 e. The highest BCUT2D eigenvalue weighted by atomic mass is 16.5. The fraction of sp³-hybridized carbons (Fsp3) is 0.538. The van der Waals surface area contributed by atoms with Gasteiger partial charge in [0.2, 0.25) is 0 Å². The SMILES string of the molecule is COc1ccccc1[C@H](N)[C@H](O)C(C)(C)C. The molecule has 0 spiro atoms. The molecule has 0 bridgehead atoms. The van der Waals surface area contributed by atoms with E-state index in [0.717, 1.165) is 11.3 Å². The van der Waals surface area contributed by atoms with Crippen LogP contribution in [0, 0.1) is 5.41 Å². The highest BCUT2D eigenvalue weighted by molar-refractivity contribution is 5.36. The summed E-state index contributed by atoms with van der Waals surface area (Å²) in [4.78, 5) is 0. The molecular weight excluding hydrogens is 202 g/mol. The quantitative estimate of drug-likeness (QED) is 0.825. The van der Waals surface area contributed by atoms with Crippen molar-refractivity contribution in [1.29, 1.82) is 0 Å². The molecule has 1 aromatic rings. The molecule has 90 valence electrons. The number of aliphatic hydroxyl groups is 1. The summed E-state index contributed by atoms with van der Waals surface area (Å²) in [5.41, 5.74) is 6.66. The van der Waals surface area contributed by atoms with Crippen molar-refractivity contribution in [3.63, 3.8) is 0 Å². The molecule has 1 aromatic carbocycles. The summed E-state index contributed by atoms with van der Waals surface area (Å²) in [6.45, 7) is 5.90. The third kappa shape index (κ3) is 2.74. The van der Waals surface area contributed by atoms with Crippen LogP contribution >= 0.6 is 0 Å². The van der Waals surface area contributed by atoms with E-state index in [0.29, 0.717) is 0 Å². The maximum atomic E-state index is 10.1. The van der Waals surface area contributed by atoms with Crippen molar-refractivity contribution in [3.8, 4) is 5.75 Å². The van der Waals surface area contributed by atoms with Gasteiger partial charge in [0.25, 0.3) is 0 Å². The lowest BCUT2D eigenvalue weighted by Crippen LogP contribution is -2.37. The second-order valence-corrected chi connectivity index (χ2v) is 5.08. The molecule has 0 unspecified atom stereocenters. The van der Waals surface area contributed by atoms with Crippen LogP contribution in [0.3, 0.4) is 0 Å². The predicted molar refractivity (Wildman–Crippen MR) is 65.4 cm³/mol.